The Kier molecular flexibility index (Phi) is 4.57. The summed E-state index contributed by atoms with van der Waals surface area (Å²) in [6.45, 7) is 0. The normalized spacial score (nSPS) is 21.5. The predicted molar refractivity (Wildman–Crippen MR) is 85.0 cm³/mol. The van der Waals surface area contributed by atoms with Crippen LogP contribution >= 0.6 is 11.8 Å². The number of carbonyl (C=O) groups is 1. The number of benzene rings is 1. The summed E-state index contributed by atoms with van der Waals surface area (Å²) in [5, 5.41) is 0.692. The first kappa shape index (κ1) is 16.2. The second-order valence-corrected chi connectivity index (χ2v) is 6.62. The lowest BCUT2D eigenvalue weighted by Crippen LogP contribution is -2.30. The minimum Gasteiger partial charge on any atom is -0.244 e. The molecule has 1 atom stereocenters. The topological polar surface area (TPSA) is 41.8 Å². The van der Waals surface area contributed by atoms with Gasteiger partial charge in [0.05, 0.1) is 10.6 Å². The van der Waals surface area contributed by atoms with Crippen molar-refractivity contribution in [1.29, 1.82) is 0 Å². The standard InChI is InChI=1S/C16H15F3N2OS/c17-16(18,19)11-5-3-4-10(8-11)9-23-14-12-6-1-2-7-13(12)20-15(22)21-14/h3-5,8,12H,1-2,6-7,9H2. The van der Waals surface area contributed by atoms with Crippen molar-refractivity contribution >= 4 is 28.5 Å². The number of fused-ring (bicyclic) bond motifs is 1. The second-order valence-electron chi connectivity index (χ2n) is 5.62. The number of carbonyl (C=O) groups excluding carboxylic acids is 1. The molecule has 0 bridgehead atoms. The molecule has 1 aromatic carbocycles. The molecule has 122 valence electrons. The monoisotopic (exact) mass is 340 g/mol. The third-order valence-corrected chi connectivity index (χ3v) is 5.11. The first-order valence-electron chi connectivity index (χ1n) is 7.42. The van der Waals surface area contributed by atoms with Crippen LogP contribution in [0.4, 0.5) is 18.0 Å². The SMILES string of the molecule is O=C1N=C2CCCCC2C(SCc2cccc(C(F)(F)F)c2)=N1. The average Bonchev–Trinajstić information content (AvgIpc) is 2.52. The second kappa shape index (κ2) is 6.47. The molecular weight excluding hydrogens is 325 g/mol. The number of hydrogen-bond acceptors (Lipinski definition) is 2. The lowest BCUT2D eigenvalue weighted by molar-refractivity contribution is -0.137. The van der Waals surface area contributed by atoms with Crippen molar-refractivity contribution in [2.75, 3.05) is 0 Å². The third-order valence-electron chi connectivity index (χ3n) is 3.96. The number of rotatable bonds is 2. The lowest BCUT2D eigenvalue weighted by Gasteiger charge is -2.27. The molecule has 1 heterocycles. The molecule has 1 aliphatic carbocycles. The molecule has 1 fully saturated rings. The molecule has 1 saturated carbocycles. The number of hydrogen-bond donors (Lipinski definition) is 0. The molecule has 0 aromatic heterocycles. The number of aliphatic imine (C=N–C) groups is 2. The van der Waals surface area contributed by atoms with Crippen LogP contribution in [-0.4, -0.2) is 16.8 Å². The zero-order valence-corrected chi connectivity index (χ0v) is 13.1. The minimum absolute atomic E-state index is 0.0669. The van der Waals surface area contributed by atoms with E-state index in [0.717, 1.165) is 43.5 Å². The predicted octanol–water partition coefficient (Wildman–Crippen LogP) is 5.10. The number of alkyl halides is 3. The largest absolute Gasteiger partial charge is 0.416 e. The van der Waals surface area contributed by atoms with Crippen molar-refractivity contribution in [1.82, 2.24) is 0 Å². The first-order chi connectivity index (χ1) is 10.9. The van der Waals surface area contributed by atoms with Gasteiger partial charge in [-0.05, 0) is 30.9 Å². The fourth-order valence-corrected chi connectivity index (χ4v) is 3.93. The smallest absolute Gasteiger partial charge is 0.244 e. The summed E-state index contributed by atoms with van der Waals surface area (Å²) in [6.07, 6.45) is -0.558. The Morgan fingerprint density at radius 1 is 1.22 bits per heavy atom. The van der Waals surface area contributed by atoms with Crippen molar-refractivity contribution in [2.45, 2.75) is 37.6 Å². The fourth-order valence-electron chi connectivity index (χ4n) is 2.84. The van der Waals surface area contributed by atoms with Crippen molar-refractivity contribution in [3.8, 4) is 0 Å². The lowest BCUT2D eigenvalue weighted by atomic mass is 9.87. The van der Waals surface area contributed by atoms with Crippen LogP contribution in [-0.2, 0) is 11.9 Å². The maximum atomic E-state index is 12.7. The van der Waals surface area contributed by atoms with E-state index in [4.69, 9.17) is 0 Å². The number of urea groups is 1. The van der Waals surface area contributed by atoms with Gasteiger partial charge in [-0.25, -0.2) is 9.79 Å². The van der Waals surface area contributed by atoms with Gasteiger partial charge in [0, 0.05) is 17.4 Å². The highest BCUT2D eigenvalue weighted by molar-refractivity contribution is 8.13. The van der Waals surface area contributed by atoms with Gasteiger partial charge < -0.3 is 0 Å². The van der Waals surface area contributed by atoms with E-state index in [-0.39, 0.29) is 5.92 Å². The molecule has 0 spiro atoms. The highest BCUT2D eigenvalue weighted by atomic mass is 32.2. The van der Waals surface area contributed by atoms with Crippen LogP contribution in [0.2, 0.25) is 0 Å². The van der Waals surface area contributed by atoms with Crippen LogP contribution in [0, 0.1) is 5.92 Å². The van der Waals surface area contributed by atoms with Crippen molar-refractivity contribution in [3.63, 3.8) is 0 Å². The summed E-state index contributed by atoms with van der Waals surface area (Å²) in [4.78, 5) is 19.6. The van der Waals surface area contributed by atoms with Gasteiger partial charge in [0.2, 0.25) is 0 Å². The van der Waals surface area contributed by atoms with E-state index in [1.165, 1.54) is 17.8 Å². The third kappa shape index (κ3) is 3.83. The van der Waals surface area contributed by atoms with Gasteiger partial charge in [-0.15, -0.1) is 11.8 Å². The van der Waals surface area contributed by atoms with E-state index in [2.05, 4.69) is 9.98 Å². The van der Waals surface area contributed by atoms with Crippen LogP contribution in [0.5, 0.6) is 0 Å². The minimum atomic E-state index is -4.35. The number of thioether (sulfide) groups is 1. The molecule has 23 heavy (non-hydrogen) atoms. The highest BCUT2D eigenvalue weighted by Gasteiger charge is 2.31. The molecule has 0 radical (unpaired) electrons. The molecule has 1 aromatic rings. The number of halogens is 3. The van der Waals surface area contributed by atoms with Gasteiger partial charge in [0.25, 0.3) is 0 Å². The molecule has 1 unspecified atom stereocenters. The Hall–Kier alpha value is -1.63. The van der Waals surface area contributed by atoms with Crippen LogP contribution in [0.1, 0.15) is 36.8 Å². The molecule has 7 heteroatoms. The summed E-state index contributed by atoms with van der Waals surface area (Å²) in [5.41, 5.74) is 0.791. The highest BCUT2D eigenvalue weighted by Crippen LogP contribution is 2.33. The Labute approximate surface area is 136 Å². The van der Waals surface area contributed by atoms with Gasteiger partial charge in [0.1, 0.15) is 0 Å². The summed E-state index contributed by atoms with van der Waals surface area (Å²) in [7, 11) is 0. The molecule has 2 amide bonds. The first-order valence-corrected chi connectivity index (χ1v) is 8.41. The molecular formula is C16H15F3N2OS. The van der Waals surface area contributed by atoms with Crippen molar-refractivity contribution in [3.05, 3.63) is 35.4 Å². The van der Waals surface area contributed by atoms with E-state index in [1.807, 2.05) is 0 Å². The van der Waals surface area contributed by atoms with Crippen LogP contribution in [0.25, 0.3) is 0 Å². The van der Waals surface area contributed by atoms with Gasteiger partial charge in [-0.3, -0.25) is 0 Å². The fraction of sp³-hybridized carbons (Fsp3) is 0.438. The van der Waals surface area contributed by atoms with Crippen molar-refractivity contribution in [2.24, 2.45) is 15.9 Å². The van der Waals surface area contributed by atoms with Crippen LogP contribution < -0.4 is 0 Å². The summed E-state index contributed by atoms with van der Waals surface area (Å²) in [5.74, 6) is 0.428. The molecule has 1 aliphatic heterocycles. The van der Waals surface area contributed by atoms with Gasteiger partial charge in [-0.2, -0.15) is 18.2 Å². The Morgan fingerprint density at radius 3 is 2.83 bits per heavy atom. The zero-order chi connectivity index (χ0) is 16.4. The van der Waals surface area contributed by atoms with Crippen LogP contribution in [0.3, 0.4) is 0 Å². The molecule has 3 rings (SSSR count). The number of amides is 2. The van der Waals surface area contributed by atoms with E-state index >= 15 is 0 Å². The van der Waals surface area contributed by atoms with Gasteiger partial charge >= 0.3 is 12.2 Å². The zero-order valence-electron chi connectivity index (χ0n) is 12.3. The Bertz CT molecular complexity index is 682. The Morgan fingerprint density at radius 2 is 2.04 bits per heavy atom. The molecule has 3 nitrogen and oxygen atoms in total. The maximum absolute atomic E-state index is 12.7. The maximum Gasteiger partial charge on any atom is 0.416 e. The Balaban J connectivity index is 1.72. The quantitative estimate of drug-likeness (QED) is 0.751. The summed E-state index contributed by atoms with van der Waals surface area (Å²) < 4.78 is 38.2. The van der Waals surface area contributed by atoms with Crippen LogP contribution in [0.15, 0.2) is 34.3 Å². The van der Waals surface area contributed by atoms with E-state index in [9.17, 15) is 18.0 Å². The summed E-state index contributed by atoms with van der Waals surface area (Å²) in [6, 6.07) is 4.77. The van der Waals surface area contributed by atoms with E-state index < -0.39 is 17.8 Å². The van der Waals surface area contributed by atoms with Crippen molar-refractivity contribution < 1.29 is 18.0 Å². The molecule has 0 N–H and O–H groups in total. The van der Waals surface area contributed by atoms with Gasteiger partial charge in [0.15, 0.2) is 0 Å². The molecule has 0 saturated heterocycles. The molecule has 2 aliphatic rings. The van der Waals surface area contributed by atoms with E-state index in [0.29, 0.717) is 16.4 Å². The number of nitrogens with zero attached hydrogens (tertiary/aromatic N) is 2. The van der Waals surface area contributed by atoms with E-state index in [1.54, 1.807) is 6.07 Å². The summed E-state index contributed by atoms with van der Waals surface area (Å²) >= 11 is 1.34. The van der Waals surface area contributed by atoms with Gasteiger partial charge in [-0.1, -0.05) is 24.6 Å². The average molecular weight is 340 g/mol.